The first-order valence-corrected chi connectivity index (χ1v) is 8.97. The van der Waals surface area contributed by atoms with Crippen LogP contribution < -0.4 is 10.2 Å². The fourth-order valence-electron chi connectivity index (χ4n) is 2.66. The Morgan fingerprint density at radius 1 is 1.04 bits per heavy atom. The summed E-state index contributed by atoms with van der Waals surface area (Å²) in [6, 6.07) is 12.5. The Labute approximate surface area is 141 Å². The van der Waals surface area contributed by atoms with Crippen LogP contribution in [0.5, 0.6) is 0 Å². The molecule has 1 aromatic carbocycles. The molecule has 4 nitrogen and oxygen atoms in total. The standard InChI is InChI=1S/C18H22N4S/c1-3-22(4-2)17-15-9-5-6-10-16(15)20-18(21-17)19-12-11-14-8-7-13-23-14/h5-10,13H,3-4,11-12H2,1-2H3,(H,19,20,21). The van der Waals surface area contributed by atoms with E-state index < -0.39 is 0 Å². The van der Waals surface area contributed by atoms with Gasteiger partial charge in [0.05, 0.1) is 5.52 Å². The van der Waals surface area contributed by atoms with Crippen molar-refractivity contribution in [3.05, 3.63) is 46.7 Å². The zero-order chi connectivity index (χ0) is 16.1. The lowest BCUT2D eigenvalue weighted by Crippen LogP contribution is -2.24. The SMILES string of the molecule is CCN(CC)c1nc(NCCc2cccs2)nc2ccccc12. The van der Waals surface area contributed by atoms with Crippen molar-refractivity contribution in [3.8, 4) is 0 Å². The minimum atomic E-state index is 0.710. The van der Waals surface area contributed by atoms with Crippen LogP contribution in [0, 0.1) is 0 Å². The van der Waals surface area contributed by atoms with Gasteiger partial charge in [-0.3, -0.25) is 0 Å². The largest absolute Gasteiger partial charge is 0.356 e. The molecule has 0 aliphatic rings. The molecule has 3 rings (SSSR count). The second kappa shape index (κ2) is 7.42. The molecule has 0 radical (unpaired) electrons. The van der Waals surface area contributed by atoms with Crippen molar-refractivity contribution in [1.29, 1.82) is 0 Å². The Bertz CT molecular complexity index is 751. The highest BCUT2D eigenvalue weighted by atomic mass is 32.1. The first-order chi connectivity index (χ1) is 11.3. The van der Waals surface area contributed by atoms with Crippen LogP contribution in [-0.4, -0.2) is 29.6 Å². The van der Waals surface area contributed by atoms with Gasteiger partial charge in [-0.1, -0.05) is 18.2 Å². The highest BCUT2D eigenvalue weighted by Crippen LogP contribution is 2.25. The highest BCUT2D eigenvalue weighted by Gasteiger charge is 2.11. The molecule has 3 aromatic rings. The fourth-order valence-corrected chi connectivity index (χ4v) is 3.36. The van der Waals surface area contributed by atoms with Crippen LogP contribution in [0.1, 0.15) is 18.7 Å². The minimum Gasteiger partial charge on any atom is -0.356 e. The molecule has 0 amide bonds. The number of fused-ring (bicyclic) bond motifs is 1. The predicted molar refractivity (Wildman–Crippen MR) is 99.6 cm³/mol. The molecule has 0 atom stereocenters. The van der Waals surface area contributed by atoms with Gasteiger partial charge in [0.1, 0.15) is 5.82 Å². The van der Waals surface area contributed by atoms with Crippen molar-refractivity contribution in [3.63, 3.8) is 0 Å². The molecule has 0 spiro atoms. The van der Waals surface area contributed by atoms with Gasteiger partial charge in [-0.2, -0.15) is 4.98 Å². The first kappa shape index (κ1) is 15.7. The number of thiophene rings is 1. The lowest BCUT2D eigenvalue weighted by atomic mass is 10.2. The van der Waals surface area contributed by atoms with E-state index in [1.165, 1.54) is 4.88 Å². The maximum atomic E-state index is 4.77. The zero-order valence-corrected chi connectivity index (χ0v) is 14.4. The van der Waals surface area contributed by atoms with Crippen LogP contribution >= 0.6 is 11.3 Å². The molecule has 5 heteroatoms. The number of nitrogens with one attached hydrogen (secondary N) is 1. The summed E-state index contributed by atoms with van der Waals surface area (Å²) in [7, 11) is 0. The fraction of sp³-hybridized carbons (Fsp3) is 0.333. The molecular weight excluding hydrogens is 304 g/mol. The third-order valence-electron chi connectivity index (χ3n) is 3.88. The average Bonchev–Trinajstić information content (AvgIpc) is 3.09. The number of hydrogen-bond acceptors (Lipinski definition) is 5. The van der Waals surface area contributed by atoms with Gasteiger partial charge in [-0.15, -0.1) is 11.3 Å². The van der Waals surface area contributed by atoms with E-state index in [0.29, 0.717) is 5.95 Å². The molecule has 0 saturated heterocycles. The summed E-state index contributed by atoms with van der Waals surface area (Å²) in [6.45, 7) is 7.03. The molecule has 0 aliphatic carbocycles. The van der Waals surface area contributed by atoms with Crippen LogP contribution in [0.25, 0.3) is 10.9 Å². The van der Waals surface area contributed by atoms with Gasteiger partial charge in [0.25, 0.3) is 0 Å². The normalized spacial score (nSPS) is 10.9. The number of anilines is 2. The molecule has 0 unspecified atom stereocenters. The van der Waals surface area contributed by atoms with Crippen molar-refractivity contribution < 1.29 is 0 Å². The van der Waals surface area contributed by atoms with E-state index in [2.05, 4.69) is 58.7 Å². The summed E-state index contributed by atoms with van der Waals surface area (Å²) in [5, 5.41) is 6.60. The van der Waals surface area contributed by atoms with Crippen molar-refractivity contribution >= 4 is 34.0 Å². The lowest BCUT2D eigenvalue weighted by Gasteiger charge is -2.22. The topological polar surface area (TPSA) is 41.1 Å². The number of benzene rings is 1. The maximum absolute atomic E-state index is 4.77. The van der Waals surface area contributed by atoms with Crippen LogP contribution in [0.4, 0.5) is 11.8 Å². The Hall–Kier alpha value is -2.14. The Balaban J connectivity index is 1.85. The van der Waals surface area contributed by atoms with Gasteiger partial charge in [-0.05, 0) is 43.8 Å². The summed E-state index contributed by atoms with van der Waals surface area (Å²) in [4.78, 5) is 13.1. The van der Waals surface area contributed by atoms with Gasteiger partial charge in [0.15, 0.2) is 0 Å². The third-order valence-corrected chi connectivity index (χ3v) is 4.82. The lowest BCUT2D eigenvalue weighted by molar-refractivity contribution is 0.848. The average molecular weight is 326 g/mol. The molecule has 0 bridgehead atoms. The van der Waals surface area contributed by atoms with Crippen molar-refractivity contribution in [2.45, 2.75) is 20.3 Å². The smallest absolute Gasteiger partial charge is 0.225 e. The summed E-state index contributed by atoms with van der Waals surface area (Å²) >= 11 is 1.79. The minimum absolute atomic E-state index is 0.710. The number of nitrogens with zero attached hydrogens (tertiary/aromatic N) is 3. The van der Waals surface area contributed by atoms with Crippen molar-refractivity contribution in [2.75, 3.05) is 29.9 Å². The second-order valence-corrected chi connectivity index (χ2v) is 6.35. The Morgan fingerprint density at radius 3 is 2.61 bits per heavy atom. The number of aromatic nitrogens is 2. The molecule has 0 fully saturated rings. The van der Waals surface area contributed by atoms with Crippen LogP contribution in [0.15, 0.2) is 41.8 Å². The monoisotopic (exact) mass is 326 g/mol. The van der Waals surface area contributed by atoms with E-state index in [1.54, 1.807) is 11.3 Å². The molecule has 0 saturated carbocycles. The van der Waals surface area contributed by atoms with Crippen molar-refractivity contribution in [2.24, 2.45) is 0 Å². The number of para-hydroxylation sites is 1. The van der Waals surface area contributed by atoms with E-state index in [0.717, 1.165) is 42.8 Å². The molecule has 23 heavy (non-hydrogen) atoms. The van der Waals surface area contributed by atoms with E-state index >= 15 is 0 Å². The summed E-state index contributed by atoms with van der Waals surface area (Å²) in [6.07, 6.45) is 0.995. The maximum Gasteiger partial charge on any atom is 0.225 e. The summed E-state index contributed by atoms with van der Waals surface area (Å²) in [5.41, 5.74) is 0.989. The van der Waals surface area contributed by atoms with E-state index in [4.69, 9.17) is 4.98 Å². The Kier molecular flexibility index (Phi) is 5.08. The second-order valence-electron chi connectivity index (χ2n) is 5.32. The third kappa shape index (κ3) is 3.62. The predicted octanol–water partition coefficient (Wildman–Crippen LogP) is 4.19. The van der Waals surface area contributed by atoms with E-state index in [-0.39, 0.29) is 0 Å². The van der Waals surface area contributed by atoms with Crippen LogP contribution in [-0.2, 0) is 6.42 Å². The molecule has 0 aliphatic heterocycles. The van der Waals surface area contributed by atoms with E-state index in [9.17, 15) is 0 Å². The summed E-state index contributed by atoms with van der Waals surface area (Å²) < 4.78 is 0. The van der Waals surface area contributed by atoms with Crippen LogP contribution in [0.2, 0.25) is 0 Å². The molecule has 120 valence electrons. The van der Waals surface area contributed by atoms with Gasteiger partial charge >= 0.3 is 0 Å². The first-order valence-electron chi connectivity index (χ1n) is 8.09. The van der Waals surface area contributed by atoms with Gasteiger partial charge in [-0.25, -0.2) is 4.98 Å². The van der Waals surface area contributed by atoms with Crippen LogP contribution in [0.3, 0.4) is 0 Å². The number of rotatable bonds is 7. The van der Waals surface area contributed by atoms with Crippen molar-refractivity contribution in [1.82, 2.24) is 9.97 Å². The molecule has 2 heterocycles. The molecular formula is C18H22N4S. The van der Waals surface area contributed by atoms with Gasteiger partial charge < -0.3 is 10.2 Å². The molecule has 1 N–H and O–H groups in total. The van der Waals surface area contributed by atoms with Gasteiger partial charge in [0, 0.05) is 29.9 Å². The van der Waals surface area contributed by atoms with Gasteiger partial charge in [0.2, 0.25) is 5.95 Å². The Morgan fingerprint density at radius 2 is 1.87 bits per heavy atom. The number of hydrogen-bond donors (Lipinski definition) is 1. The summed E-state index contributed by atoms with van der Waals surface area (Å²) in [5.74, 6) is 1.72. The molecule has 2 aromatic heterocycles. The van der Waals surface area contributed by atoms with E-state index in [1.807, 2.05) is 12.1 Å². The zero-order valence-electron chi connectivity index (χ0n) is 13.6. The highest BCUT2D eigenvalue weighted by molar-refractivity contribution is 7.09. The quantitative estimate of drug-likeness (QED) is 0.707.